The van der Waals surface area contributed by atoms with Crippen molar-refractivity contribution in [3.8, 4) is 10.6 Å². The molecule has 29 heavy (non-hydrogen) atoms. The smallest absolute Gasteiger partial charge is 0.210 e. The van der Waals surface area contributed by atoms with E-state index in [1.165, 1.54) is 10.8 Å². The second-order valence-corrected chi connectivity index (χ2v) is 8.53. The van der Waals surface area contributed by atoms with Gasteiger partial charge in [-0.15, -0.1) is 11.3 Å². The van der Waals surface area contributed by atoms with Gasteiger partial charge in [-0.2, -0.15) is 0 Å². The number of hydrogen-bond donors (Lipinski definition) is 0. The molecule has 2 aliphatic heterocycles. The number of benzene rings is 1. The van der Waals surface area contributed by atoms with Crippen molar-refractivity contribution >= 4 is 27.9 Å². The van der Waals surface area contributed by atoms with Crippen molar-refractivity contribution < 1.29 is 9.47 Å². The number of rotatable bonds is 4. The number of likely N-dealkylation sites (N-methyl/N-ethyl adjacent to an activating group) is 1. The van der Waals surface area contributed by atoms with Gasteiger partial charge in [0.1, 0.15) is 10.8 Å². The fourth-order valence-electron chi connectivity index (χ4n) is 3.97. The van der Waals surface area contributed by atoms with E-state index < -0.39 is 0 Å². The minimum absolute atomic E-state index is 0.343. The first-order valence-electron chi connectivity index (χ1n) is 10.4. The molecular weight excluding hydrogens is 384 g/mol. The summed E-state index contributed by atoms with van der Waals surface area (Å²) in [5.41, 5.74) is 0.969. The summed E-state index contributed by atoms with van der Waals surface area (Å²) in [6.07, 6.45) is 2.50. The zero-order valence-electron chi connectivity index (χ0n) is 16.7. The summed E-state index contributed by atoms with van der Waals surface area (Å²) >= 11 is 1.61. The third-order valence-electron chi connectivity index (χ3n) is 5.64. The molecule has 3 aromatic rings. The van der Waals surface area contributed by atoms with Gasteiger partial charge in [0.2, 0.25) is 6.29 Å². The number of hydrogen-bond acceptors (Lipinski definition) is 7. The van der Waals surface area contributed by atoms with Gasteiger partial charge in [-0.25, -0.2) is 9.97 Å². The Morgan fingerprint density at radius 1 is 1.10 bits per heavy atom. The third-order valence-corrected chi connectivity index (χ3v) is 6.69. The van der Waals surface area contributed by atoms with Crippen molar-refractivity contribution in [2.45, 2.75) is 19.6 Å². The van der Waals surface area contributed by atoms with E-state index in [0.717, 1.165) is 73.8 Å². The van der Waals surface area contributed by atoms with E-state index in [4.69, 9.17) is 14.5 Å². The van der Waals surface area contributed by atoms with E-state index in [0.29, 0.717) is 0 Å². The maximum atomic E-state index is 5.72. The Balaban J connectivity index is 1.49. The van der Waals surface area contributed by atoms with Gasteiger partial charge in [0.25, 0.3) is 0 Å². The highest BCUT2D eigenvalue weighted by Gasteiger charge is 2.23. The number of ether oxygens (including phenoxy) is 2. The quantitative estimate of drug-likeness (QED) is 0.649. The van der Waals surface area contributed by atoms with Crippen LogP contribution in [-0.4, -0.2) is 60.8 Å². The molecule has 0 saturated carbocycles. The topological polar surface area (TPSA) is 50.7 Å². The second-order valence-electron chi connectivity index (χ2n) is 7.46. The van der Waals surface area contributed by atoms with Gasteiger partial charge in [0, 0.05) is 37.8 Å². The Hall–Kier alpha value is -2.06. The summed E-state index contributed by atoms with van der Waals surface area (Å²) in [6, 6.07) is 10.7. The molecule has 152 valence electrons. The predicted molar refractivity (Wildman–Crippen MR) is 116 cm³/mol. The van der Waals surface area contributed by atoms with Crippen LogP contribution in [-0.2, 0) is 9.47 Å². The minimum atomic E-state index is -0.343. The molecule has 2 aliphatic rings. The van der Waals surface area contributed by atoms with Gasteiger partial charge in [0.15, 0.2) is 0 Å². The molecule has 0 aliphatic carbocycles. The van der Waals surface area contributed by atoms with Crippen LogP contribution in [0, 0.1) is 0 Å². The third kappa shape index (κ3) is 3.88. The predicted octanol–water partition coefficient (Wildman–Crippen LogP) is 3.94. The summed E-state index contributed by atoms with van der Waals surface area (Å²) in [5.74, 6) is 1.08. The lowest BCUT2D eigenvalue weighted by Gasteiger charge is -2.35. The fraction of sp³-hybridized carbons (Fsp3) is 0.455. The van der Waals surface area contributed by atoms with Crippen LogP contribution < -0.4 is 4.90 Å². The molecule has 0 radical (unpaired) electrons. The van der Waals surface area contributed by atoms with Gasteiger partial charge >= 0.3 is 0 Å². The lowest BCUT2D eigenvalue weighted by Crippen LogP contribution is -2.46. The molecule has 6 nitrogen and oxygen atoms in total. The monoisotopic (exact) mass is 410 g/mol. The van der Waals surface area contributed by atoms with E-state index in [-0.39, 0.29) is 6.29 Å². The van der Waals surface area contributed by atoms with Crippen LogP contribution >= 0.6 is 11.3 Å². The van der Waals surface area contributed by atoms with Gasteiger partial charge in [-0.1, -0.05) is 31.2 Å². The number of nitrogens with zero attached hydrogens (tertiary/aromatic N) is 4. The van der Waals surface area contributed by atoms with Crippen molar-refractivity contribution in [3.05, 3.63) is 41.5 Å². The number of aromatic nitrogens is 2. The molecule has 5 rings (SSSR count). The van der Waals surface area contributed by atoms with E-state index in [9.17, 15) is 0 Å². The number of anilines is 1. The molecule has 0 bridgehead atoms. The maximum Gasteiger partial charge on any atom is 0.210 e. The van der Waals surface area contributed by atoms with Crippen molar-refractivity contribution in [2.75, 3.05) is 50.8 Å². The first-order chi connectivity index (χ1) is 14.3. The molecule has 0 spiro atoms. The van der Waals surface area contributed by atoms with Crippen LogP contribution in [0.1, 0.15) is 24.6 Å². The zero-order chi connectivity index (χ0) is 19.6. The van der Waals surface area contributed by atoms with Crippen LogP contribution in [0.15, 0.2) is 36.5 Å². The van der Waals surface area contributed by atoms with Gasteiger partial charge in [-0.3, -0.25) is 0 Å². The number of thiazole rings is 1. The van der Waals surface area contributed by atoms with Gasteiger partial charge < -0.3 is 19.3 Å². The molecule has 1 aromatic carbocycles. The first-order valence-corrected chi connectivity index (χ1v) is 11.2. The average Bonchev–Trinajstić information content (AvgIpc) is 3.29. The van der Waals surface area contributed by atoms with Crippen LogP contribution in [0.3, 0.4) is 0 Å². The molecule has 2 saturated heterocycles. The summed E-state index contributed by atoms with van der Waals surface area (Å²) in [5, 5.41) is 3.29. The highest BCUT2D eigenvalue weighted by atomic mass is 32.1. The molecular formula is C22H26N4O2S. The molecule has 0 N–H and O–H groups in total. The van der Waals surface area contributed by atoms with Crippen LogP contribution in [0.25, 0.3) is 21.3 Å². The summed E-state index contributed by atoms with van der Waals surface area (Å²) in [6.45, 7) is 8.96. The Morgan fingerprint density at radius 2 is 1.90 bits per heavy atom. The lowest BCUT2D eigenvalue weighted by atomic mass is 10.1. The number of fused-ring (bicyclic) bond motifs is 1. The molecule has 2 aromatic heterocycles. The largest absolute Gasteiger partial charge is 0.354 e. The average molecular weight is 411 g/mol. The van der Waals surface area contributed by atoms with E-state index in [1.807, 2.05) is 6.20 Å². The van der Waals surface area contributed by atoms with E-state index in [1.54, 1.807) is 11.3 Å². The van der Waals surface area contributed by atoms with Crippen molar-refractivity contribution in [1.82, 2.24) is 14.9 Å². The van der Waals surface area contributed by atoms with E-state index in [2.05, 4.69) is 52.0 Å². The number of pyridine rings is 1. The maximum absolute atomic E-state index is 5.72. The Kier molecular flexibility index (Phi) is 5.46. The molecule has 2 fully saturated rings. The highest BCUT2D eigenvalue weighted by molar-refractivity contribution is 7.15. The van der Waals surface area contributed by atoms with Crippen molar-refractivity contribution in [1.29, 1.82) is 0 Å². The fourth-order valence-corrected chi connectivity index (χ4v) is 4.85. The molecule has 0 atom stereocenters. The summed E-state index contributed by atoms with van der Waals surface area (Å²) in [4.78, 5) is 15.6. The van der Waals surface area contributed by atoms with Gasteiger partial charge in [-0.05, 0) is 24.4 Å². The SMILES string of the molecule is CCN1CCN(c2nc(-c3cnc(C4OCCCO4)s3)cc3ccccc23)CC1. The zero-order valence-corrected chi connectivity index (χ0v) is 17.5. The molecule has 0 amide bonds. The molecule has 0 unspecified atom stereocenters. The minimum Gasteiger partial charge on any atom is -0.354 e. The molecule has 7 heteroatoms. The summed E-state index contributed by atoms with van der Waals surface area (Å²) < 4.78 is 11.4. The van der Waals surface area contributed by atoms with Crippen LogP contribution in [0.5, 0.6) is 0 Å². The van der Waals surface area contributed by atoms with Crippen LogP contribution in [0.4, 0.5) is 5.82 Å². The lowest BCUT2D eigenvalue weighted by molar-refractivity contribution is -0.183. The standard InChI is InChI=1S/C22H26N4O2S/c1-2-25-8-10-26(11-9-25)20-17-7-4-3-6-16(17)14-18(24-20)19-15-23-21(29-19)22-27-12-5-13-28-22/h3-4,6-7,14-15,22H,2,5,8-13H2,1H3. The Labute approximate surface area is 175 Å². The number of piperazine rings is 1. The Morgan fingerprint density at radius 3 is 2.69 bits per heavy atom. The Bertz CT molecular complexity index is 978. The van der Waals surface area contributed by atoms with Crippen molar-refractivity contribution in [2.24, 2.45) is 0 Å². The highest BCUT2D eigenvalue weighted by Crippen LogP contribution is 2.35. The second kappa shape index (κ2) is 8.36. The van der Waals surface area contributed by atoms with Gasteiger partial charge in [0.05, 0.1) is 23.8 Å². The molecule has 4 heterocycles. The first kappa shape index (κ1) is 18.9. The van der Waals surface area contributed by atoms with Crippen molar-refractivity contribution in [3.63, 3.8) is 0 Å². The normalized spacial score (nSPS) is 19.1. The van der Waals surface area contributed by atoms with Crippen LogP contribution in [0.2, 0.25) is 0 Å². The summed E-state index contributed by atoms with van der Waals surface area (Å²) in [7, 11) is 0. The van der Waals surface area contributed by atoms with E-state index >= 15 is 0 Å².